The molecule has 0 aromatic rings. The maximum absolute atomic E-state index is 15.0. The number of nitrogens with one attached hydrogen (secondary N) is 4. The highest BCUT2D eigenvalue weighted by Crippen LogP contribution is 2.44. The van der Waals surface area contributed by atoms with Gasteiger partial charge in [-0.25, -0.2) is 0 Å². The Kier molecular flexibility index (Phi) is 26.2. The summed E-state index contributed by atoms with van der Waals surface area (Å²) in [6.07, 6.45) is 4.78. The van der Waals surface area contributed by atoms with Crippen molar-refractivity contribution in [3.63, 3.8) is 0 Å². The molecule has 90 heavy (non-hydrogen) atoms. The monoisotopic (exact) mass is 1290 g/mol. The number of hydrogen-bond donors (Lipinski definition) is 4. The molecule has 22 nitrogen and oxygen atoms in total. The molecule has 6 aliphatic rings. The van der Waals surface area contributed by atoms with E-state index in [0.29, 0.717) is 32.1 Å². The summed E-state index contributed by atoms with van der Waals surface area (Å²) in [5.41, 5.74) is -1.47. The van der Waals surface area contributed by atoms with Crippen molar-refractivity contribution < 1.29 is 65.9 Å². The molecule has 0 aromatic carbocycles. The number of amides is 11. The van der Waals surface area contributed by atoms with Gasteiger partial charge in [-0.3, -0.25) is 52.7 Å². The topological polar surface area (TPSA) is 259 Å². The third kappa shape index (κ3) is 19.0. The summed E-state index contributed by atoms with van der Waals surface area (Å²) in [6.45, 7) is 7.39. The first-order valence-electron chi connectivity index (χ1n) is 33.0. The van der Waals surface area contributed by atoms with Crippen LogP contribution < -0.4 is 21.3 Å². The normalized spacial score (nSPS) is 30.6. The van der Waals surface area contributed by atoms with Gasteiger partial charge in [-0.15, -0.1) is 11.6 Å². The Morgan fingerprint density at radius 3 is 1.78 bits per heavy atom. The van der Waals surface area contributed by atoms with Gasteiger partial charge in [-0.1, -0.05) is 91.9 Å². The number of fused-ring (bicyclic) bond motifs is 1. The van der Waals surface area contributed by atoms with Gasteiger partial charge in [0, 0.05) is 66.7 Å². The fraction of sp³-hybridized carbons (Fsp3) is 0.828. The lowest BCUT2D eigenvalue weighted by Crippen LogP contribution is -2.64. The van der Waals surface area contributed by atoms with E-state index >= 15 is 9.59 Å². The van der Waals surface area contributed by atoms with Crippen LogP contribution in [0.1, 0.15) is 176 Å². The second-order valence-electron chi connectivity index (χ2n) is 27.7. The van der Waals surface area contributed by atoms with Crippen molar-refractivity contribution in [3.05, 3.63) is 0 Å². The second kappa shape index (κ2) is 32.2. The number of halogens is 4. The molecule has 508 valence electrons. The van der Waals surface area contributed by atoms with Crippen LogP contribution in [0.2, 0.25) is 0 Å². The lowest BCUT2D eigenvalue weighted by molar-refractivity contribution is -0.182. The lowest BCUT2D eigenvalue weighted by atomic mass is 9.78. The van der Waals surface area contributed by atoms with E-state index in [9.17, 15) is 56.3 Å². The molecular formula is C64H103ClF3N11O11. The SMILES string of the molecule is CC[C@H](C)[C@@H]1NC(=O)[C@H](CC2CC2)N(C)C(=O)C[C@@H](C)NC(=O)[C@H](C(C)C)N(C)C(=O)C2(CCCC2)NC(=O)[C@@H]2CCCN2C(=O)[C@H](CCC2CCC(C(F)(F)F)C(Cl)C2)NC(=O)CN(C)C(=O)[C@H](CC2CCCCC2)N(C)C(=O)CN(C)C(=O)CN(C)C1=O. The van der Waals surface area contributed by atoms with Crippen LogP contribution in [0.15, 0.2) is 0 Å². The standard InChI is InChI=1S/C64H103ClF3N11O11/c1-12-39(4)54-61(89)75(8)36-52(82)73(6)37-53(83)77(10)49(34-41-19-14-13-15-20-41)60(88)74(7)35-50(80)70-46(27-25-42-24-26-44(45(65)32-42)64(66,67)68)59(87)79-30-18-21-47(79)57(85)72-63(28-16-17-29-63)62(90)78(11)55(38(2)3)58(86)69-40(5)31-51(81)76(9)48(56(84)71-54)33-43-22-23-43/h38-49,54-55H,12-37H2,1-11H3,(H,69,86)(H,70,80)(H,71,84)(H,72,85)/t39-,40+,42?,44?,45?,46-,47-,48-,49-,54-,55-/m0/s1. The van der Waals surface area contributed by atoms with Gasteiger partial charge in [0.2, 0.25) is 65.0 Å². The summed E-state index contributed by atoms with van der Waals surface area (Å²) < 4.78 is 41.7. The van der Waals surface area contributed by atoms with E-state index in [1.54, 1.807) is 27.7 Å². The van der Waals surface area contributed by atoms with Crippen LogP contribution in [-0.4, -0.2) is 227 Å². The molecule has 0 aromatic heterocycles. The van der Waals surface area contributed by atoms with E-state index in [4.69, 9.17) is 11.6 Å². The number of hydrogen-bond acceptors (Lipinski definition) is 11. The molecule has 1 spiro atoms. The highest BCUT2D eigenvalue weighted by molar-refractivity contribution is 6.20. The number of carbonyl (C=O) groups excluding carboxylic acids is 11. The van der Waals surface area contributed by atoms with Gasteiger partial charge in [0.15, 0.2) is 0 Å². The first-order valence-corrected chi connectivity index (χ1v) is 33.5. The fourth-order valence-corrected chi connectivity index (χ4v) is 14.8. The van der Waals surface area contributed by atoms with Crippen LogP contribution in [0, 0.1) is 35.5 Å². The van der Waals surface area contributed by atoms with E-state index in [-0.39, 0.29) is 88.5 Å². The minimum Gasteiger partial charge on any atom is -0.351 e. The third-order valence-corrected chi connectivity index (χ3v) is 20.8. The Labute approximate surface area is 535 Å². The molecular weight excluding hydrogens is 1190 g/mol. The Hall–Kier alpha value is -5.75. The number of alkyl halides is 4. The lowest BCUT2D eigenvalue weighted by Gasteiger charge is -2.39. The maximum atomic E-state index is 15.0. The Morgan fingerprint density at radius 2 is 1.18 bits per heavy atom. The van der Waals surface area contributed by atoms with Gasteiger partial charge in [0.05, 0.1) is 25.6 Å². The van der Waals surface area contributed by atoms with Crippen molar-refractivity contribution in [1.82, 2.24) is 55.6 Å². The van der Waals surface area contributed by atoms with Crippen LogP contribution in [0.5, 0.6) is 0 Å². The van der Waals surface area contributed by atoms with Gasteiger partial charge in [0.1, 0.15) is 41.8 Å². The summed E-state index contributed by atoms with van der Waals surface area (Å²) in [5.74, 6) is -9.17. The van der Waals surface area contributed by atoms with E-state index in [1.165, 1.54) is 66.8 Å². The highest BCUT2D eigenvalue weighted by atomic mass is 35.5. The van der Waals surface area contributed by atoms with Crippen molar-refractivity contribution in [2.24, 2.45) is 35.5 Å². The molecule has 2 saturated heterocycles. The summed E-state index contributed by atoms with van der Waals surface area (Å²) in [4.78, 5) is 168. The van der Waals surface area contributed by atoms with Crippen LogP contribution in [0.3, 0.4) is 0 Å². The predicted octanol–water partition coefficient (Wildman–Crippen LogP) is 4.98. The largest absolute Gasteiger partial charge is 0.393 e. The van der Waals surface area contributed by atoms with Crippen molar-refractivity contribution in [1.29, 1.82) is 0 Å². The summed E-state index contributed by atoms with van der Waals surface area (Å²) in [6, 6.07) is -7.46. The number of likely N-dealkylation sites (N-methyl/N-ethyl adjacent to an activating group) is 6. The molecule has 4 N–H and O–H groups in total. The molecule has 6 fully saturated rings. The molecule has 2 heterocycles. The average molecular weight is 1300 g/mol. The molecule has 4 aliphatic carbocycles. The number of carbonyl (C=O) groups is 11. The molecule has 11 atom stereocenters. The Morgan fingerprint density at radius 1 is 0.589 bits per heavy atom. The quantitative estimate of drug-likeness (QED) is 0.212. The van der Waals surface area contributed by atoms with Crippen LogP contribution in [0.4, 0.5) is 13.2 Å². The minimum atomic E-state index is -4.49. The predicted molar refractivity (Wildman–Crippen MR) is 331 cm³/mol. The van der Waals surface area contributed by atoms with Crippen LogP contribution >= 0.6 is 11.6 Å². The minimum absolute atomic E-state index is 0.0163. The van der Waals surface area contributed by atoms with E-state index < -0.39 is 162 Å². The Bertz CT molecular complexity index is 2580. The van der Waals surface area contributed by atoms with Crippen molar-refractivity contribution >= 4 is 76.6 Å². The summed E-state index contributed by atoms with van der Waals surface area (Å²) in [7, 11) is 8.67. The zero-order valence-corrected chi connectivity index (χ0v) is 55.9. The summed E-state index contributed by atoms with van der Waals surface area (Å²) in [5, 5.41) is 10.5. The first-order chi connectivity index (χ1) is 42.3. The molecule has 4 saturated carbocycles. The highest BCUT2D eigenvalue weighted by Gasteiger charge is 2.51. The van der Waals surface area contributed by atoms with Crippen LogP contribution in [-0.2, 0) is 52.7 Å². The third-order valence-electron chi connectivity index (χ3n) is 20.3. The average Bonchev–Trinajstić information content (AvgIpc) is 1.54. The van der Waals surface area contributed by atoms with Gasteiger partial charge in [0.25, 0.3) is 0 Å². The zero-order chi connectivity index (χ0) is 66.7. The van der Waals surface area contributed by atoms with E-state index in [0.717, 1.165) is 54.7 Å². The number of rotatable bonds is 10. The van der Waals surface area contributed by atoms with E-state index in [1.807, 2.05) is 6.92 Å². The van der Waals surface area contributed by atoms with Crippen molar-refractivity contribution in [2.75, 3.05) is 68.5 Å². The molecule has 2 aliphatic heterocycles. The molecule has 6 rings (SSSR count). The molecule has 3 unspecified atom stereocenters. The zero-order valence-electron chi connectivity index (χ0n) is 55.1. The second-order valence-corrected chi connectivity index (χ2v) is 28.3. The Balaban J connectivity index is 1.33. The van der Waals surface area contributed by atoms with Crippen molar-refractivity contribution in [2.45, 2.75) is 235 Å². The maximum Gasteiger partial charge on any atom is 0.393 e. The first kappa shape index (κ1) is 73.3. The number of nitrogens with zero attached hydrogens (tertiary/aromatic N) is 7. The molecule has 11 amide bonds. The molecule has 0 bridgehead atoms. The van der Waals surface area contributed by atoms with Gasteiger partial charge >= 0.3 is 6.18 Å². The van der Waals surface area contributed by atoms with Crippen LogP contribution in [0.25, 0.3) is 0 Å². The fourth-order valence-electron chi connectivity index (χ4n) is 14.2. The smallest absolute Gasteiger partial charge is 0.351 e. The molecule has 0 radical (unpaired) electrons. The van der Waals surface area contributed by atoms with Crippen molar-refractivity contribution in [3.8, 4) is 0 Å². The van der Waals surface area contributed by atoms with Gasteiger partial charge in [-0.05, 0) is 107 Å². The van der Waals surface area contributed by atoms with Gasteiger partial charge in [-0.2, -0.15) is 13.2 Å². The molecule has 26 heteroatoms. The summed E-state index contributed by atoms with van der Waals surface area (Å²) >= 11 is 6.36. The van der Waals surface area contributed by atoms with E-state index in [2.05, 4.69) is 21.3 Å². The van der Waals surface area contributed by atoms with Gasteiger partial charge < -0.3 is 55.6 Å².